The van der Waals surface area contributed by atoms with Crippen molar-refractivity contribution in [1.82, 2.24) is 19.4 Å². The van der Waals surface area contributed by atoms with Crippen molar-refractivity contribution in [3.8, 4) is 5.75 Å². The van der Waals surface area contributed by atoms with Crippen LogP contribution in [0.2, 0.25) is 0 Å². The summed E-state index contributed by atoms with van der Waals surface area (Å²) in [6.45, 7) is 1.74. The van der Waals surface area contributed by atoms with Gasteiger partial charge in [0.05, 0.1) is 24.4 Å². The molecule has 1 saturated carbocycles. The molecule has 228 valence electrons. The minimum absolute atomic E-state index is 0.0151. The van der Waals surface area contributed by atoms with Crippen molar-refractivity contribution in [3.63, 3.8) is 0 Å². The minimum Gasteiger partial charge on any atom is -0.508 e. The van der Waals surface area contributed by atoms with Crippen LogP contribution in [0.3, 0.4) is 0 Å². The minimum atomic E-state index is -0.379. The van der Waals surface area contributed by atoms with Crippen molar-refractivity contribution in [2.75, 3.05) is 18.4 Å². The first-order chi connectivity index (χ1) is 21.3. The summed E-state index contributed by atoms with van der Waals surface area (Å²) in [4.78, 5) is 50.4. The number of anilines is 1. The van der Waals surface area contributed by atoms with E-state index in [1.165, 1.54) is 6.07 Å². The van der Waals surface area contributed by atoms with Crippen molar-refractivity contribution >= 4 is 28.7 Å². The largest absolute Gasteiger partial charge is 0.508 e. The van der Waals surface area contributed by atoms with Gasteiger partial charge in [-0.2, -0.15) is 0 Å². The number of amides is 2. The topological polar surface area (TPSA) is 138 Å². The Morgan fingerprint density at radius 1 is 0.955 bits per heavy atom. The molecule has 4 aromatic rings. The number of phenols is 1. The highest BCUT2D eigenvalue weighted by Crippen LogP contribution is 2.39. The maximum absolute atomic E-state index is 13.7. The average Bonchev–Trinajstić information content (AvgIpc) is 3.03. The molecule has 10 nitrogen and oxygen atoms in total. The number of nitrogens with zero attached hydrogens (tertiary/aromatic N) is 4. The molecular formula is C34H37N5O5. The van der Waals surface area contributed by atoms with Gasteiger partial charge in [0.25, 0.3) is 5.56 Å². The fourth-order valence-electron chi connectivity index (χ4n) is 6.63. The maximum atomic E-state index is 13.7. The van der Waals surface area contributed by atoms with E-state index in [1.54, 1.807) is 41.2 Å². The molecule has 3 atom stereocenters. The van der Waals surface area contributed by atoms with Gasteiger partial charge < -0.3 is 20.4 Å². The van der Waals surface area contributed by atoms with Crippen LogP contribution in [0.4, 0.5) is 5.82 Å². The third-order valence-corrected chi connectivity index (χ3v) is 8.96. The number of piperidine rings is 1. The van der Waals surface area contributed by atoms with Gasteiger partial charge in [-0.1, -0.05) is 42.5 Å². The third kappa shape index (κ3) is 6.65. The molecule has 2 fully saturated rings. The molecule has 3 N–H and O–H groups in total. The maximum Gasteiger partial charge on any atom is 0.279 e. The van der Waals surface area contributed by atoms with Crippen molar-refractivity contribution < 1.29 is 19.8 Å². The molecule has 3 unspecified atom stereocenters. The van der Waals surface area contributed by atoms with Crippen LogP contribution in [-0.2, 0) is 22.6 Å². The molecule has 2 aromatic carbocycles. The Hall–Kier alpha value is -4.57. The number of carbonyl (C=O) groups is 2. The van der Waals surface area contributed by atoms with Gasteiger partial charge in [-0.3, -0.25) is 19.0 Å². The number of aliphatic hydroxyl groups is 1. The quantitative estimate of drug-likeness (QED) is 0.295. The predicted molar refractivity (Wildman–Crippen MR) is 166 cm³/mol. The number of phenolic OH excluding ortho intramolecular Hbond substituents is 1. The first-order valence-corrected chi connectivity index (χ1v) is 15.3. The van der Waals surface area contributed by atoms with Crippen LogP contribution in [0, 0.1) is 11.8 Å². The Kier molecular flexibility index (Phi) is 8.70. The standard InChI is InChI=1S/C34H37N5O5/c40-25-8-4-5-23(17-25)18-31(42)36-30-12-11-29-32(37-30)34(44)39(21-35-29)20-22-13-15-38(16-14-22)33(43)27-10-9-26(41)19-28(27)24-6-2-1-3-7-24/h1-8,11-12,17,21-22,26-28,40-41H,9-10,13-16,18-20H2,(H,36,37,42). The number of fused-ring (bicyclic) bond motifs is 1. The summed E-state index contributed by atoms with van der Waals surface area (Å²) in [7, 11) is 0. The molecule has 1 saturated heterocycles. The van der Waals surface area contributed by atoms with Crippen LogP contribution in [-0.4, -0.2) is 60.7 Å². The average molecular weight is 596 g/mol. The van der Waals surface area contributed by atoms with E-state index in [0.717, 1.165) is 18.4 Å². The Labute approximate surface area is 255 Å². The molecule has 1 aliphatic heterocycles. The summed E-state index contributed by atoms with van der Waals surface area (Å²) in [5, 5.41) is 22.7. The van der Waals surface area contributed by atoms with E-state index in [-0.39, 0.29) is 64.7 Å². The number of carbonyl (C=O) groups excluding carboxylic acids is 2. The number of nitrogens with one attached hydrogen (secondary N) is 1. The number of hydrogen-bond acceptors (Lipinski definition) is 7. The number of benzene rings is 2. The summed E-state index contributed by atoms with van der Waals surface area (Å²) in [5.41, 5.74) is 2.12. The van der Waals surface area contributed by atoms with E-state index in [2.05, 4.69) is 15.3 Å². The predicted octanol–water partition coefficient (Wildman–Crippen LogP) is 3.86. The number of pyridine rings is 1. The molecule has 1 aliphatic carbocycles. The highest BCUT2D eigenvalue weighted by atomic mass is 16.3. The van der Waals surface area contributed by atoms with Gasteiger partial charge in [-0.15, -0.1) is 0 Å². The molecular weight excluding hydrogens is 558 g/mol. The van der Waals surface area contributed by atoms with Crippen molar-refractivity contribution in [1.29, 1.82) is 0 Å². The second-order valence-electron chi connectivity index (χ2n) is 12.0. The normalized spacial score (nSPS) is 20.8. The molecule has 2 aliphatic rings. The Morgan fingerprint density at radius 2 is 1.75 bits per heavy atom. The third-order valence-electron chi connectivity index (χ3n) is 8.96. The lowest BCUT2D eigenvalue weighted by molar-refractivity contribution is -0.139. The molecule has 0 spiro atoms. The number of rotatable bonds is 7. The number of aromatic hydroxyl groups is 1. The lowest BCUT2D eigenvalue weighted by atomic mass is 9.73. The highest BCUT2D eigenvalue weighted by Gasteiger charge is 2.38. The SMILES string of the molecule is O=C(Cc1cccc(O)c1)Nc1ccc2ncn(CC3CCN(C(=O)C4CCC(O)CC4c4ccccc4)CC3)c(=O)c2n1. The molecule has 0 radical (unpaired) electrons. The Morgan fingerprint density at radius 3 is 2.52 bits per heavy atom. The molecule has 3 heterocycles. The smallest absolute Gasteiger partial charge is 0.279 e. The van der Waals surface area contributed by atoms with E-state index >= 15 is 0 Å². The lowest BCUT2D eigenvalue weighted by Gasteiger charge is -2.39. The zero-order valence-electron chi connectivity index (χ0n) is 24.5. The number of likely N-dealkylation sites (tertiary alicyclic amines) is 1. The second kappa shape index (κ2) is 13.0. The zero-order chi connectivity index (χ0) is 30.6. The second-order valence-corrected chi connectivity index (χ2v) is 12.0. The van der Waals surface area contributed by atoms with Gasteiger partial charge in [0.1, 0.15) is 11.6 Å². The summed E-state index contributed by atoms with van der Waals surface area (Å²) < 4.78 is 1.57. The number of hydrogen-bond donors (Lipinski definition) is 3. The van der Waals surface area contributed by atoms with Crippen LogP contribution < -0.4 is 10.9 Å². The molecule has 44 heavy (non-hydrogen) atoms. The van der Waals surface area contributed by atoms with Crippen molar-refractivity contribution in [3.05, 3.63) is 94.5 Å². The van der Waals surface area contributed by atoms with Gasteiger partial charge in [0, 0.05) is 25.6 Å². The lowest BCUT2D eigenvalue weighted by Crippen LogP contribution is -2.45. The summed E-state index contributed by atoms with van der Waals surface area (Å²) in [5.74, 6) is 0.287. The zero-order valence-corrected chi connectivity index (χ0v) is 24.5. The summed E-state index contributed by atoms with van der Waals surface area (Å²) in [6.07, 6.45) is 4.71. The van der Waals surface area contributed by atoms with E-state index in [4.69, 9.17) is 0 Å². The van der Waals surface area contributed by atoms with Gasteiger partial charge in [0.15, 0.2) is 5.52 Å². The fourth-order valence-corrected chi connectivity index (χ4v) is 6.63. The first kappa shape index (κ1) is 29.5. The van der Waals surface area contributed by atoms with E-state index in [0.29, 0.717) is 50.0 Å². The summed E-state index contributed by atoms with van der Waals surface area (Å²) in [6, 6.07) is 19.8. The molecule has 0 bridgehead atoms. The Balaban J connectivity index is 1.08. The van der Waals surface area contributed by atoms with Gasteiger partial charge in [-0.25, -0.2) is 9.97 Å². The van der Waals surface area contributed by atoms with Crippen molar-refractivity contribution in [2.24, 2.45) is 11.8 Å². The van der Waals surface area contributed by atoms with Crippen LogP contribution in [0.1, 0.15) is 49.1 Å². The molecule has 10 heteroatoms. The first-order valence-electron chi connectivity index (χ1n) is 15.3. The molecule has 6 rings (SSSR count). The Bertz CT molecular complexity index is 1700. The monoisotopic (exact) mass is 595 g/mol. The fraction of sp³-hybridized carbons (Fsp3) is 0.382. The van der Waals surface area contributed by atoms with Crippen LogP contribution in [0.5, 0.6) is 5.75 Å². The van der Waals surface area contributed by atoms with Crippen LogP contribution in [0.25, 0.3) is 11.0 Å². The molecule has 2 aromatic heterocycles. The van der Waals surface area contributed by atoms with Crippen LogP contribution in [0.15, 0.2) is 77.9 Å². The van der Waals surface area contributed by atoms with Gasteiger partial charge in [-0.05, 0) is 79.3 Å². The summed E-state index contributed by atoms with van der Waals surface area (Å²) >= 11 is 0. The van der Waals surface area contributed by atoms with Crippen LogP contribution >= 0.6 is 0 Å². The van der Waals surface area contributed by atoms with E-state index < -0.39 is 0 Å². The van der Waals surface area contributed by atoms with E-state index in [9.17, 15) is 24.6 Å². The molecule has 2 amide bonds. The number of aromatic nitrogens is 3. The van der Waals surface area contributed by atoms with Crippen molar-refractivity contribution in [2.45, 2.75) is 57.1 Å². The van der Waals surface area contributed by atoms with Gasteiger partial charge in [0.2, 0.25) is 11.8 Å². The van der Waals surface area contributed by atoms with E-state index in [1.807, 2.05) is 35.2 Å². The number of aliphatic hydroxyl groups excluding tert-OH is 1. The highest BCUT2D eigenvalue weighted by molar-refractivity contribution is 5.92. The van der Waals surface area contributed by atoms with Gasteiger partial charge >= 0.3 is 0 Å².